The lowest BCUT2D eigenvalue weighted by molar-refractivity contribution is -0.143. The highest BCUT2D eigenvalue weighted by atomic mass is 28.4. The molecule has 200 valence electrons. The van der Waals surface area contributed by atoms with E-state index in [0.717, 1.165) is 23.1 Å². The number of aliphatic hydroxyl groups is 1. The number of Topliss-reactive ketones (excluding diaryl/α,β-unsaturated/α-hetero) is 1. The summed E-state index contributed by atoms with van der Waals surface area (Å²) in [6.45, 7) is 17.2. The van der Waals surface area contributed by atoms with Crippen molar-refractivity contribution in [3.05, 3.63) is 52.9 Å². The molecule has 2 unspecified atom stereocenters. The molecular weight excluding hydrogens is 475 g/mol. The number of ketones is 1. The first-order chi connectivity index (χ1) is 16.5. The Balaban J connectivity index is 2.45. The monoisotopic (exact) mass is 518 g/mol. The maximum Gasteiger partial charge on any atom is 0.313 e. The van der Waals surface area contributed by atoms with Crippen LogP contribution in [-0.2, 0) is 18.8 Å². The van der Waals surface area contributed by atoms with E-state index in [1.807, 2.05) is 12.1 Å². The second-order valence-electron chi connectivity index (χ2n) is 12.1. The zero-order valence-electron chi connectivity index (χ0n) is 23.3. The maximum absolute atomic E-state index is 14.1. The van der Waals surface area contributed by atoms with Gasteiger partial charge in [-0.25, -0.2) is 4.39 Å². The summed E-state index contributed by atoms with van der Waals surface area (Å²) < 4.78 is 25.4. The van der Waals surface area contributed by atoms with Crippen molar-refractivity contribution in [2.75, 3.05) is 7.11 Å². The lowest BCUT2D eigenvalue weighted by atomic mass is 9.69. The zero-order valence-corrected chi connectivity index (χ0v) is 24.3. The maximum atomic E-state index is 14.1. The fourth-order valence-electron chi connectivity index (χ4n) is 4.42. The van der Waals surface area contributed by atoms with Gasteiger partial charge in [0.2, 0.25) is 0 Å². The number of hydrogen-bond acceptors (Lipinski definition) is 5. The van der Waals surface area contributed by atoms with Crippen molar-refractivity contribution in [2.45, 2.75) is 97.6 Å². The van der Waals surface area contributed by atoms with Crippen LogP contribution in [0.5, 0.6) is 0 Å². The van der Waals surface area contributed by atoms with E-state index in [1.165, 1.54) is 13.2 Å². The predicted octanol–water partition coefficient (Wildman–Crippen LogP) is 6.54. The minimum Gasteiger partial charge on any atom is -0.469 e. The van der Waals surface area contributed by atoms with Gasteiger partial charge in [-0.15, -0.1) is 0 Å². The van der Waals surface area contributed by atoms with Crippen LogP contribution < -0.4 is 0 Å². The SMILES string of the molecule is COC(=O)CC(=O)CC(O)C=CC1=C(c2ccc(F)c(C)c2)CC(O[Si](C)(C)C(C)(C)C)CC1(C)C. The number of methoxy groups -OCH3 is 1. The first-order valence-electron chi connectivity index (χ1n) is 12.6. The van der Waals surface area contributed by atoms with Gasteiger partial charge in [-0.1, -0.05) is 52.8 Å². The van der Waals surface area contributed by atoms with Crippen molar-refractivity contribution >= 4 is 25.6 Å². The molecule has 0 spiro atoms. The highest BCUT2D eigenvalue weighted by Crippen LogP contribution is 2.48. The Morgan fingerprint density at radius 1 is 1.28 bits per heavy atom. The first-order valence-corrected chi connectivity index (χ1v) is 15.5. The lowest BCUT2D eigenvalue weighted by Gasteiger charge is -2.45. The number of aryl methyl sites for hydroxylation is 1. The highest BCUT2D eigenvalue weighted by molar-refractivity contribution is 6.74. The first kappa shape index (κ1) is 30.1. The number of ether oxygens (including phenoxy) is 1. The Labute approximate surface area is 216 Å². The lowest BCUT2D eigenvalue weighted by Crippen LogP contribution is -2.46. The Kier molecular flexibility index (Phi) is 9.65. The van der Waals surface area contributed by atoms with E-state index in [-0.39, 0.29) is 41.0 Å². The van der Waals surface area contributed by atoms with Gasteiger partial charge in [0, 0.05) is 12.5 Å². The van der Waals surface area contributed by atoms with Gasteiger partial charge in [-0.3, -0.25) is 9.59 Å². The van der Waals surface area contributed by atoms with E-state index in [0.29, 0.717) is 12.0 Å². The Morgan fingerprint density at radius 3 is 2.47 bits per heavy atom. The normalized spacial score (nSPS) is 19.5. The molecule has 2 atom stereocenters. The number of hydrogen-bond donors (Lipinski definition) is 1. The number of halogens is 1. The van der Waals surface area contributed by atoms with E-state index in [4.69, 9.17) is 4.43 Å². The molecule has 0 bridgehead atoms. The number of esters is 1. The van der Waals surface area contributed by atoms with Crippen LogP contribution in [0.2, 0.25) is 18.1 Å². The van der Waals surface area contributed by atoms with Gasteiger partial charge in [-0.2, -0.15) is 0 Å². The van der Waals surface area contributed by atoms with Gasteiger partial charge in [0.15, 0.2) is 8.32 Å². The van der Waals surface area contributed by atoms with Gasteiger partial charge in [0.05, 0.1) is 13.2 Å². The standard InChI is InChI=1S/C29H43FO5Si/c1-19-14-20(10-13-26(19)30)24-17-23(35-36(8,9)28(2,3)4)18-29(5,6)25(24)12-11-21(31)15-22(32)16-27(33)34-7/h10-14,21,23,31H,15-18H2,1-9H3. The van der Waals surface area contributed by atoms with E-state index in [2.05, 4.69) is 52.4 Å². The summed E-state index contributed by atoms with van der Waals surface area (Å²) in [7, 11) is -0.788. The minimum atomic E-state index is -2.01. The molecule has 1 aromatic rings. The summed E-state index contributed by atoms with van der Waals surface area (Å²) in [6.07, 6.45) is 3.44. The van der Waals surface area contributed by atoms with Gasteiger partial charge >= 0.3 is 5.97 Å². The Hall–Kier alpha value is -2.09. The second-order valence-corrected chi connectivity index (χ2v) is 16.8. The van der Waals surface area contributed by atoms with Crippen molar-refractivity contribution in [1.29, 1.82) is 0 Å². The molecule has 0 saturated carbocycles. The average molecular weight is 519 g/mol. The summed E-state index contributed by atoms with van der Waals surface area (Å²) >= 11 is 0. The molecule has 1 N–H and O–H groups in total. The summed E-state index contributed by atoms with van der Waals surface area (Å²) in [5.74, 6) is -1.25. The number of rotatable bonds is 9. The fourth-order valence-corrected chi connectivity index (χ4v) is 5.77. The van der Waals surface area contributed by atoms with E-state index in [1.54, 1.807) is 19.1 Å². The quantitative estimate of drug-likeness (QED) is 0.228. The van der Waals surface area contributed by atoms with Gasteiger partial charge in [-0.05, 0) is 77.7 Å². The van der Waals surface area contributed by atoms with Crippen molar-refractivity contribution < 1.29 is 28.2 Å². The third-order valence-corrected chi connectivity index (χ3v) is 12.0. The van der Waals surface area contributed by atoms with Crippen LogP contribution in [0, 0.1) is 18.2 Å². The molecule has 0 radical (unpaired) electrons. The van der Waals surface area contributed by atoms with Crippen LogP contribution >= 0.6 is 0 Å². The van der Waals surface area contributed by atoms with Crippen molar-refractivity contribution in [2.24, 2.45) is 5.41 Å². The summed E-state index contributed by atoms with van der Waals surface area (Å²) in [4.78, 5) is 23.4. The number of carbonyl (C=O) groups excluding carboxylic acids is 2. The molecule has 7 heteroatoms. The third kappa shape index (κ3) is 7.70. The highest BCUT2D eigenvalue weighted by Gasteiger charge is 2.42. The topological polar surface area (TPSA) is 72.8 Å². The molecule has 2 rings (SSSR count). The van der Waals surface area contributed by atoms with Crippen LogP contribution in [-0.4, -0.2) is 44.5 Å². The molecule has 5 nitrogen and oxygen atoms in total. The van der Waals surface area contributed by atoms with Crippen LogP contribution in [0.1, 0.15) is 71.4 Å². The number of allylic oxidation sites excluding steroid dienone is 2. The molecule has 0 saturated heterocycles. The number of benzene rings is 1. The average Bonchev–Trinajstić information content (AvgIpc) is 2.72. The van der Waals surface area contributed by atoms with Gasteiger partial charge < -0.3 is 14.3 Å². The predicted molar refractivity (Wildman–Crippen MR) is 145 cm³/mol. The number of carbonyl (C=O) groups is 2. The van der Waals surface area contributed by atoms with Crippen LogP contribution in [0.4, 0.5) is 4.39 Å². The van der Waals surface area contributed by atoms with Crippen LogP contribution in [0.3, 0.4) is 0 Å². The number of aliphatic hydroxyl groups excluding tert-OH is 1. The molecule has 36 heavy (non-hydrogen) atoms. The van der Waals surface area contributed by atoms with Crippen molar-refractivity contribution in [3.8, 4) is 0 Å². The summed E-state index contributed by atoms with van der Waals surface area (Å²) in [5.41, 5.74) is 3.31. The van der Waals surface area contributed by atoms with E-state index < -0.39 is 20.4 Å². The largest absolute Gasteiger partial charge is 0.469 e. The minimum absolute atomic E-state index is 0.0185. The molecule has 0 aromatic heterocycles. The second kappa shape index (κ2) is 11.5. The zero-order chi connectivity index (χ0) is 27.5. The van der Waals surface area contributed by atoms with Crippen LogP contribution in [0.25, 0.3) is 5.57 Å². The molecule has 1 aromatic carbocycles. The molecule has 0 fully saturated rings. The van der Waals surface area contributed by atoms with Crippen LogP contribution in [0.15, 0.2) is 35.9 Å². The molecule has 0 aliphatic heterocycles. The van der Waals surface area contributed by atoms with Gasteiger partial charge in [0.1, 0.15) is 18.0 Å². The fraction of sp³-hybridized carbons (Fsp3) is 0.586. The summed E-state index contributed by atoms with van der Waals surface area (Å²) in [6, 6.07) is 5.15. The van der Waals surface area contributed by atoms with Gasteiger partial charge in [0.25, 0.3) is 0 Å². The Bertz CT molecular complexity index is 1030. The third-order valence-electron chi connectivity index (χ3n) is 7.49. The van der Waals surface area contributed by atoms with Crippen molar-refractivity contribution in [3.63, 3.8) is 0 Å². The smallest absolute Gasteiger partial charge is 0.313 e. The molecular formula is C29H43FO5Si. The Morgan fingerprint density at radius 2 is 1.92 bits per heavy atom. The molecule has 0 amide bonds. The van der Waals surface area contributed by atoms with E-state index >= 15 is 0 Å². The van der Waals surface area contributed by atoms with E-state index in [9.17, 15) is 19.1 Å². The summed E-state index contributed by atoms with van der Waals surface area (Å²) in [5, 5.41) is 10.6. The molecule has 0 heterocycles. The van der Waals surface area contributed by atoms with Crippen molar-refractivity contribution in [1.82, 2.24) is 0 Å². The molecule has 1 aliphatic carbocycles. The molecule has 1 aliphatic rings.